The number of allylic oxidation sites excluding steroid dienone is 3. The molecule has 0 aliphatic rings. The lowest BCUT2D eigenvalue weighted by Gasteiger charge is -2.04. The summed E-state index contributed by atoms with van der Waals surface area (Å²) < 4.78 is 25.2. The largest absolute Gasteiger partial charge is 0.224 e. The van der Waals surface area contributed by atoms with E-state index in [4.69, 9.17) is 0 Å². The van der Waals surface area contributed by atoms with Crippen molar-refractivity contribution < 1.29 is 8.42 Å². The first-order valence-corrected chi connectivity index (χ1v) is 14.2. The van der Waals surface area contributed by atoms with Crippen LogP contribution >= 0.6 is 0 Å². The zero-order valence-corrected chi connectivity index (χ0v) is 21.0. The Morgan fingerprint density at radius 1 is 0.818 bits per heavy atom. The molecule has 2 aromatic rings. The standard InChI is InChI=1S/C30H40O2S/c1-2-3-4-5-6-7-8-11-19-29(23-17-16-22-28-20-12-9-13-21-28)24-18-27-33(31,32)30-25-14-10-15-26-30/h9-15,17,19-21,25-26H,2-8,16,18,22,24,27H2,1H3/b19-11+. The van der Waals surface area contributed by atoms with Gasteiger partial charge in [-0.25, -0.2) is 8.42 Å². The molecule has 0 heterocycles. The van der Waals surface area contributed by atoms with Gasteiger partial charge >= 0.3 is 0 Å². The molecule has 0 aliphatic heterocycles. The van der Waals surface area contributed by atoms with Crippen LogP contribution in [0, 0.1) is 0 Å². The molecule has 2 nitrogen and oxygen atoms in total. The molecule has 0 bridgehead atoms. The van der Waals surface area contributed by atoms with Gasteiger partial charge in [0.2, 0.25) is 0 Å². The maximum Gasteiger partial charge on any atom is 0.178 e. The maximum atomic E-state index is 12.6. The van der Waals surface area contributed by atoms with Gasteiger partial charge in [0.15, 0.2) is 9.84 Å². The third-order valence-corrected chi connectivity index (χ3v) is 7.53. The van der Waals surface area contributed by atoms with E-state index in [0.29, 0.717) is 11.3 Å². The van der Waals surface area contributed by atoms with E-state index in [1.165, 1.54) is 44.1 Å². The van der Waals surface area contributed by atoms with E-state index >= 15 is 0 Å². The molecule has 0 saturated carbocycles. The lowest BCUT2D eigenvalue weighted by atomic mass is 10.1. The highest BCUT2D eigenvalue weighted by molar-refractivity contribution is 7.91. The van der Waals surface area contributed by atoms with E-state index in [1.54, 1.807) is 24.3 Å². The van der Waals surface area contributed by atoms with Gasteiger partial charge in [0.25, 0.3) is 0 Å². The molecule has 3 heteroatoms. The molecule has 0 aromatic heterocycles. The second-order valence-electron chi connectivity index (χ2n) is 8.59. The minimum absolute atomic E-state index is 0.164. The zero-order valence-electron chi connectivity index (χ0n) is 20.2. The second kappa shape index (κ2) is 16.3. The van der Waals surface area contributed by atoms with Crippen LogP contribution in [0.2, 0.25) is 0 Å². The van der Waals surface area contributed by atoms with Crippen molar-refractivity contribution in [3.8, 4) is 0 Å². The van der Waals surface area contributed by atoms with Gasteiger partial charge in [0, 0.05) is 0 Å². The van der Waals surface area contributed by atoms with Crippen LogP contribution in [0.1, 0.15) is 76.7 Å². The summed E-state index contributed by atoms with van der Waals surface area (Å²) in [4.78, 5) is 0.410. The lowest BCUT2D eigenvalue weighted by Crippen LogP contribution is -2.06. The predicted molar refractivity (Wildman–Crippen MR) is 141 cm³/mol. The highest BCUT2D eigenvalue weighted by Crippen LogP contribution is 2.15. The van der Waals surface area contributed by atoms with Gasteiger partial charge in [-0.2, -0.15) is 0 Å². The fraction of sp³-hybridized carbons (Fsp3) is 0.433. The van der Waals surface area contributed by atoms with Crippen molar-refractivity contribution in [2.24, 2.45) is 0 Å². The number of aryl methyl sites for hydroxylation is 1. The number of hydrogen-bond donors (Lipinski definition) is 0. The van der Waals surface area contributed by atoms with Crippen molar-refractivity contribution in [2.75, 3.05) is 5.75 Å². The first-order chi connectivity index (χ1) is 16.1. The van der Waals surface area contributed by atoms with Crippen LogP contribution in [-0.4, -0.2) is 14.2 Å². The number of sulfone groups is 1. The summed E-state index contributed by atoms with van der Waals surface area (Å²) in [5, 5.41) is 0. The molecular formula is C30H40O2S. The first kappa shape index (κ1) is 26.9. The Balaban J connectivity index is 1.89. The molecular weight excluding hydrogens is 424 g/mol. The predicted octanol–water partition coefficient (Wildman–Crippen LogP) is 8.26. The summed E-state index contributed by atoms with van der Waals surface area (Å²) in [7, 11) is -3.23. The molecule has 0 aliphatic carbocycles. The fourth-order valence-corrected chi connectivity index (χ4v) is 5.09. The Bertz CT molecular complexity index is 966. The van der Waals surface area contributed by atoms with Crippen molar-refractivity contribution in [1.82, 2.24) is 0 Å². The highest BCUT2D eigenvalue weighted by Gasteiger charge is 2.13. The first-order valence-electron chi connectivity index (χ1n) is 12.5. The molecule has 33 heavy (non-hydrogen) atoms. The van der Waals surface area contributed by atoms with Gasteiger partial charge in [0.1, 0.15) is 0 Å². The molecule has 0 spiro atoms. The van der Waals surface area contributed by atoms with Crippen LogP contribution in [0.4, 0.5) is 0 Å². The summed E-state index contributed by atoms with van der Waals surface area (Å²) >= 11 is 0. The SMILES string of the molecule is CCCCCCCC/C=C/C(=C=CCCc1ccccc1)CCCS(=O)(=O)c1ccccc1. The average Bonchev–Trinajstić information content (AvgIpc) is 2.84. The van der Waals surface area contributed by atoms with Crippen LogP contribution in [0.5, 0.6) is 0 Å². The van der Waals surface area contributed by atoms with E-state index in [0.717, 1.165) is 31.3 Å². The van der Waals surface area contributed by atoms with Gasteiger partial charge in [-0.15, -0.1) is 5.73 Å². The summed E-state index contributed by atoms with van der Waals surface area (Å²) in [6, 6.07) is 19.2. The van der Waals surface area contributed by atoms with E-state index in [9.17, 15) is 8.42 Å². The van der Waals surface area contributed by atoms with Crippen molar-refractivity contribution in [3.63, 3.8) is 0 Å². The number of benzene rings is 2. The summed E-state index contributed by atoms with van der Waals surface area (Å²) in [5.74, 6) is 0.164. The molecule has 0 amide bonds. The highest BCUT2D eigenvalue weighted by atomic mass is 32.2. The fourth-order valence-electron chi connectivity index (χ4n) is 3.76. The Labute approximate surface area is 202 Å². The number of rotatable bonds is 16. The normalized spacial score (nSPS) is 11.4. The molecule has 0 atom stereocenters. The van der Waals surface area contributed by atoms with Gasteiger partial charge in [-0.3, -0.25) is 0 Å². The Morgan fingerprint density at radius 2 is 1.48 bits per heavy atom. The summed E-state index contributed by atoms with van der Waals surface area (Å²) in [5.41, 5.74) is 5.86. The van der Waals surface area contributed by atoms with E-state index in [2.05, 4.69) is 55.1 Å². The van der Waals surface area contributed by atoms with Crippen LogP contribution in [0.25, 0.3) is 0 Å². The molecule has 178 valence electrons. The Kier molecular flexibility index (Phi) is 13.3. The molecule has 0 saturated heterocycles. The van der Waals surface area contributed by atoms with Gasteiger partial charge in [-0.05, 0) is 67.9 Å². The maximum absolute atomic E-state index is 12.6. The smallest absolute Gasteiger partial charge is 0.178 e. The average molecular weight is 465 g/mol. The van der Waals surface area contributed by atoms with Crippen molar-refractivity contribution in [2.45, 2.75) is 82.4 Å². The molecule has 0 unspecified atom stereocenters. The lowest BCUT2D eigenvalue weighted by molar-refractivity contribution is 0.593. The van der Waals surface area contributed by atoms with Crippen molar-refractivity contribution in [1.29, 1.82) is 0 Å². The van der Waals surface area contributed by atoms with Crippen molar-refractivity contribution >= 4 is 9.84 Å². The minimum Gasteiger partial charge on any atom is -0.224 e. The molecule has 2 rings (SSSR count). The second-order valence-corrected chi connectivity index (χ2v) is 10.7. The van der Waals surface area contributed by atoms with Crippen LogP contribution in [0.3, 0.4) is 0 Å². The quantitative estimate of drug-likeness (QED) is 0.142. The molecule has 0 radical (unpaired) electrons. The monoisotopic (exact) mass is 464 g/mol. The molecule has 2 aromatic carbocycles. The van der Waals surface area contributed by atoms with Crippen LogP contribution in [-0.2, 0) is 16.3 Å². The van der Waals surface area contributed by atoms with E-state index < -0.39 is 9.84 Å². The third-order valence-electron chi connectivity index (χ3n) is 5.71. The zero-order chi connectivity index (χ0) is 23.6. The Hall–Kier alpha value is -2.35. The number of unbranched alkanes of at least 4 members (excludes halogenated alkanes) is 6. The minimum atomic E-state index is -3.23. The summed E-state index contributed by atoms with van der Waals surface area (Å²) in [6.45, 7) is 2.25. The van der Waals surface area contributed by atoms with Crippen LogP contribution in [0.15, 0.2) is 95.1 Å². The topological polar surface area (TPSA) is 34.1 Å². The number of hydrogen-bond acceptors (Lipinski definition) is 2. The van der Waals surface area contributed by atoms with E-state index in [1.807, 2.05) is 12.1 Å². The van der Waals surface area contributed by atoms with Crippen molar-refractivity contribution in [3.05, 3.63) is 95.8 Å². The molecule has 0 fully saturated rings. The molecule has 0 N–H and O–H groups in total. The van der Waals surface area contributed by atoms with Gasteiger partial charge in [0.05, 0.1) is 10.6 Å². The van der Waals surface area contributed by atoms with E-state index in [-0.39, 0.29) is 5.75 Å². The van der Waals surface area contributed by atoms with Gasteiger partial charge < -0.3 is 0 Å². The Morgan fingerprint density at radius 3 is 2.21 bits per heavy atom. The van der Waals surface area contributed by atoms with Gasteiger partial charge in [-0.1, -0.05) is 99.7 Å². The van der Waals surface area contributed by atoms with Crippen LogP contribution < -0.4 is 0 Å². The summed E-state index contributed by atoms with van der Waals surface area (Å²) in [6.07, 6.45) is 18.6. The third kappa shape index (κ3) is 11.9.